The second kappa shape index (κ2) is 6.75. The molecule has 0 bridgehead atoms. The van der Waals surface area contributed by atoms with Gasteiger partial charge in [0.1, 0.15) is 5.82 Å². The molecule has 0 saturated heterocycles. The standard InChI is InChI=1S/C11H15F3N2O2S.ClH/c1-7-3-9(4-8(2)10(7)12)19(17,18)16-6-11(13,14)5-15;/h3-4,16H,5-6,15H2,1-2H3;1H. The third kappa shape index (κ3) is 4.62. The fraction of sp³-hybridized carbons (Fsp3) is 0.455. The molecule has 0 aliphatic rings. The Hall–Kier alpha value is -0.830. The van der Waals surface area contributed by atoms with Crippen LogP contribution in [0.3, 0.4) is 0 Å². The van der Waals surface area contributed by atoms with Crippen molar-refractivity contribution in [3.63, 3.8) is 0 Å². The maximum atomic E-state index is 13.4. The zero-order valence-electron chi connectivity index (χ0n) is 10.9. The van der Waals surface area contributed by atoms with Gasteiger partial charge in [0.25, 0.3) is 5.92 Å². The van der Waals surface area contributed by atoms with Crippen LogP contribution in [0, 0.1) is 19.7 Å². The number of halogens is 4. The SMILES string of the molecule is Cc1cc(S(=O)(=O)NCC(F)(F)CN)cc(C)c1F.Cl. The Morgan fingerprint density at radius 2 is 1.70 bits per heavy atom. The third-order valence-electron chi connectivity index (χ3n) is 2.54. The van der Waals surface area contributed by atoms with Gasteiger partial charge in [-0.2, -0.15) is 0 Å². The largest absolute Gasteiger partial charge is 0.325 e. The molecule has 0 heterocycles. The van der Waals surface area contributed by atoms with Gasteiger partial charge in [0, 0.05) is 0 Å². The molecule has 116 valence electrons. The number of benzene rings is 1. The van der Waals surface area contributed by atoms with Crippen LogP contribution in [0.4, 0.5) is 13.2 Å². The lowest BCUT2D eigenvalue weighted by molar-refractivity contribution is 0.0170. The van der Waals surface area contributed by atoms with Crippen LogP contribution in [-0.2, 0) is 10.0 Å². The fourth-order valence-electron chi connectivity index (χ4n) is 1.42. The molecule has 1 rings (SSSR count). The predicted octanol–water partition coefficient (Wildman–Crippen LogP) is 1.74. The molecule has 0 unspecified atom stereocenters. The highest BCUT2D eigenvalue weighted by molar-refractivity contribution is 7.89. The van der Waals surface area contributed by atoms with E-state index in [2.05, 4.69) is 0 Å². The molecule has 1 aromatic rings. The molecule has 0 aromatic heterocycles. The van der Waals surface area contributed by atoms with Gasteiger partial charge in [-0.15, -0.1) is 12.4 Å². The smallest absolute Gasteiger partial charge is 0.273 e. The Morgan fingerprint density at radius 1 is 1.25 bits per heavy atom. The number of rotatable bonds is 5. The molecule has 9 heteroatoms. The Morgan fingerprint density at radius 3 is 2.10 bits per heavy atom. The second-order valence-electron chi connectivity index (χ2n) is 4.26. The van der Waals surface area contributed by atoms with Crippen molar-refractivity contribution in [2.45, 2.75) is 24.7 Å². The summed E-state index contributed by atoms with van der Waals surface area (Å²) in [6.45, 7) is 0.740. The van der Waals surface area contributed by atoms with Gasteiger partial charge >= 0.3 is 0 Å². The van der Waals surface area contributed by atoms with E-state index in [1.54, 1.807) is 4.72 Å². The van der Waals surface area contributed by atoms with E-state index in [0.29, 0.717) is 0 Å². The minimum Gasteiger partial charge on any atom is -0.325 e. The fourth-order valence-corrected chi connectivity index (χ4v) is 2.65. The Balaban J connectivity index is 0.00000361. The van der Waals surface area contributed by atoms with Gasteiger partial charge < -0.3 is 5.73 Å². The third-order valence-corrected chi connectivity index (χ3v) is 3.92. The van der Waals surface area contributed by atoms with Crippen molar-refractivity contribution in [3.05, 3.63) is 29.1 Å². The molecule has 0 aliphatic heterocycles. The monoisotopic (exact) mass is 332 g/mol. The lowest BCUT2D eigenvalue weighted by Gasteiger charge is -2.15. The summed E-state index contributed by atoms with van der Waals surface area (Å²) < 4.78 is 64.6. The molecule has 0 fully saturated rings. The number of sulfonamides is 1. The van der Waals surface area contributed by atoms with E-state index < -0.39 is 34.9 Å². The molecule has 0 radical (unpaired) electrons. The van der Waals surface area contributed by atoms with Crippen LogP contribution in [-0.4, -0.2) is 27.4 Å². The maximum Gasteiger partial charge on any atom is 0.273 e. The van der Waals surface area contributed by atoms with Gasteiger partial charge in [0.15, 0.2) is 0 Å². The lowest BCUT2D eigenvalue weighted by Crippen LogP contribution is -2.41. The zero-order valence-corrected chi connectivity index (χ0v) is 12.5. The number of hydrogen-bond acceptors (Lipinski definition) is 3. The van der Waals surface area contributed by atoms with Crippen LogP contribution in [0.1, 0.15) is 11.1 Å². The topological polar surface area (TPSA) is 72.2 Å². The first kappa shape index (κ1) is 19.2. The number of nitrogens with two attached hydrogens (primary N) is 1. The zero-order chi connectivity index (χ0) is 14.8. The highest BCUT2D eigenvalue weighted by atomic mass is 35.5. The van der Waals surface area contributed by atoms with Crippen molar-refractivity contribution in [3.8, 4) is 0 Å². The Labute approximate surface area is 122 Å². The average molecular weight is 333 g/mol. The van der Waals surface area contributed by atoms with E-state index in [1.807, 2.05) is 0 Å². The van der Waals surface area contributed by atoms with E-state index >= 15 is 0 Å². The van der Waals surface area contributed by atoms with Crippen molar-refractivity contribution < 1.29 is 21.6 Å². The molecule has 20 heavy (non-hydrogen) atoms. The van der Waals surface area contributed by atoms with Crippen LogP contribution in [0.5, 0.6) is 0 Å². The molecule has 0 aliphatic carbocycles. The van der Waals surface area contributed by atoms with Gasteiger partial charge in [0.2, 0.25) is 10.0 Å². The summed E-state index contributed by atoms with van der Waals surface area (Å²) in [5, 5.41) is 0. The molecular weight excluding hydrogens is 317 g/mol. The summed E-state index contributed by atoms with van der Waals surface area (Å²) in [7, 11) is -4.12. The Kier molecular flexibility index (Phi) is 6.47. The highest BCUT2D eigenvalue weighted by Crippen LogP contribution is 2.19. The first-order valence-corrected chi connectivity index (χ1v) is 6.92. The van der Waals surface area contributed by atoms with Crippen LogP contribution < -0.4 is 10.5 Å². The van der Waals surface area contributed by atoms with Crippen molar-refractivity contribution in [1.29, 1.82) is 0 Å². The molecule has 0 atom stereocenters. The molecule has 0 amide bonds. The summed E-state index contributed by atoms with van der Waals surface area (Å²) in [5.41, 5.74) is 5.07. The van der Waals surface area contributed by atoms with Crippen LogP contribution >= 0.6 is 12.4 Å². The van der Waals surface area contributed by atoms with E-state index in [-0.39, 0.29) is 28.4 Å². The summed E-state index contributed by atoms with van der Waals surface area (Å²) in [6.07, 6.45) is 0. The van der Waals surface area contributed by atoms with Crippen molar-refractivity contribution in [1.82, 2.24) is 4.72 Å². The number of aryl methyl sites for hydroxylation is 2. The molecule has 3 N–H and O–H groups in total. The van der Waals surface area contributed by atoms with Crippen molar-refractivity contribution in [2.24, 2.45) is 5.73 Å². The highest BCUT2D eigenvalue weighted by Gasteiger charge is 2.29. The molecule has 4 nitrogen and oxygen atoms in total. The quantitative estimate of drug-likeness (QED) is 0.862. The van der Waals surface area contributed by atoms with Crippen LogP contribution in [0.15, 0.2) is 17.0 Å². The van der Waals surface area contributed by atoms with Crippen molar-refractivity contribution >= 4 is 22.4 Å². The van der Waals surface area contributed by atoms with Gasteiger partial charge in [-0.3, -0.25) is 0 Å². The number of nitrogens with one attached hydrogen (secondary N) is 1. The summed E-state index contributed by atoms with van der Waals surface area (Å²) in [6, 6.07) is 2.18. The lowest BCUT2D eigenvalue weighted by atomic mass is 10.1. The van der Waals surface area contributed by atoms with Crippen molar-refractivity contribution in [2.75, 3.05) is 13.1 Å². The van der Waals surface area contributed by atoms with E-state index in [9.17, 15) is 21.6 Å². The van der Waals surface area contributed by atoms with Gasteiger partial charge in [-0.25, -0.2) is 26.3 Å². The van der Waals surface area contributed by atoms with Gasteiger partial charge in [0.05, 0.1) is 18.0 Å². The molecular formula is C11H16ClF3N2O2S. The number of alkyl halides is 2. The normalized spacial score (nSPS) is 12.1. The minimum absolute atomic E-state index is 0. The summed E-state index contributed by atoms with van der Waals surface area (Å²) in [4.78, 5) is -0.253. The maximum absolute atomic E-state index is 13.4. The van der Waals surface area contributed by atoms with Crippen LogP contribution in [0.2, 0.25) is 0 Å². The van der Waals surface area contributed by atoms with Crippen LogP contribution in [0.25, 0.3) is 0 Å². The number of hydrogen-bond donors (Lipinski definition) is 2. The minimum atomic E-state index is -4.12. The first-order valence-electron chi connectivity index (χ1n) is 5.43. The first-order chi connectivity index (χ1) is 8.59. The van der Waals surface area contributed by atoms with E-state index in [4.69, 9.17) is 5.73 Å². The molecule has 0 saturated carbocycles. The molecule has 1 aromatic carbocycles. The van der Waals surface area contributed by atoms with Gasteiger partial charge in [-0.1, -0.05) is 0 Å². The summed E-state index contributed by atoms with van der Waals surface area (Å²) in [5.74, 6) is -3.84. The predicted molar refractivity (Wildman–Crippen MR) is 72.3 cm³/mol. The second-order valence-corrected chi connectivity index (χ2v) is 6.02. The average Bonchev–Trinajstić information content (AvgIpc) is 2.33. The van der Waals surface area contributed by atoms with E-state index in [0.717, 1.165) is 12.1 Å². The van der Waals surface area contributed by atoms with Gasteiger partial charge in [-0.05, 0) is 37.1 Å². The molecule has 0 spiro atoms. The summed E-state index contributed by atoms with van der Waals surface area (Å²) >= 11 is 0. The Bertz CT molecular complexity index is 556. The van der Waals surface area contributed by atoms with E-state index in [1.165, 1.54) is 13.8 Å².